The number of rotatable bonds is 3. The molecule has 6 nitrogen and oxygen atoms in total. The van der Waals surface area contributed by atoms with E-state index in [9.17, 15) is 4.79 Å². The van der Waals surface area contributed by atoms with Gasteiger partial charge in [0.2, 0.25) is 0 Å². The second-order valence-electron chi connectivity index (χ2n) is 7.24. The van der Waals surface area contributed by atoms with Crippen LogP contribution in [0.3, 0.4) is 0 Å². The number of aryl methyl sites for hydroxylation is 1. The molecule has 3 aromatic rings. The van der Waals surface area contributed by atoms with Crippen molar-refractivity contribution in [1.29, 1.82) is 0 Å². The molecule has 1 saturated heterocycles. The minimum Gasteiger partial charge on any atom is -0.348 e. The number of halogens is 1. The Morgan fingerprint density at radius 2 is 1.96 bits per heavy atom. The van der Waals surface area contributed by atoms with E-state index in [1.54, 1.807) is 18.4 Å². The number of thiazole rings is 1. The number of fused-ring (bicyclic) bond motifs is 1. The second kappa shape index (κ2) is 6.20. The van der Waals surface area contributed by atoms with Crippen molar-refractivity contribution in [3.8, 4) is 0 Å². The molecule has 3 heterocycles. The van der Waals surface area contributed by atoms with E-state index < -0.39 is 0 Å². The Hall–Kier alpha value is -1.67. The molecular weight excluding hydrogens is 414 g/mol. The fourth-order valence-electron chi connectivity index (χ4n) is 3.80. The molecule has 0 N–H and O–H groups in total. The molecule has 0 spiro atoms. The van der Waals surface area contributed by atoms with Gasteiger partial charge in [-0.05, 0) is 43.9 Å². The summed E-state index contributed by atoms with van der Waals surface area (Å²) in [5, 5.41) is 5.66. The van der Waals surface area contributed by atoms with Gasteiger partial charge in [0, 0.05) is 36.6 Å². The fraction of sp³-hybridized carbons (Fsp3) is 0.500. The van der Waals surface area contributed by atoms with Gasteiger partial charge in [0.15, 0.2) is 5.13 Å². The van der Waals surface area contributed by atoms with Crippen molar-refractivity contribution in [2.24, 2.45) is 7.05 Å². The van der Waals surface area contributed by atoms with Crippen molar-refractivity contribution in [3.63, 3.8) is 0 Å². The highest BCUT2D eigenvalue weighted by atomic mass is 79.9. The Morgan fingerprint density at radius 3 is 2.69 bits per heavy atom. The summed E-state index contributed by atoms with van der Waals surface area (Å²) in [6.45, 7) is 1.92. The van der Waals surface area contributed by atoms with E-state index in [0.29, 0.717) is 12.0 Å². The van der Waals surface area contributed by atoms with E-state index >= 15 is 0 Å². The highest BCUT2D eigenvalue weighted by Gasteiger charge is 2.33. The van der Waals surface area contributed by atoms with Crippen LogP contribution >= 0.6 is 27.3 Å². The van der Waals surface area contributed by atoms with Crippen molar-refractivity contribution in [2.75, 3.05) is 18.0 Å². The zero-order valence-corrected chi connectivity index (χ0v) is 17.0. The quantitative estimate of drug-likeness (QED) is 0.631. The number of anilines is 1. The molecule has 5 rings (SSSR count). The molecule has 0 unspecified atom stereocenters. The maximum Gasteiger partial charge on any atom is 0.345 e. The van der Waals surface area contributed by atoms with Crippen LogP contribution in [0.25, 0.3) is 10.2 Å². The summed E-state index contributed by atoms with van der Waals surface area (Å²) in [6.07, 6.45) is 4.25. The van der Waals surface area contributed by atoms with E-state index in [2.05, 4.69) is 38.1 Å². The van der Waals surface area contributed by atoms with Gasteiger partial charge in [-0.15, -0.1) is 0 Å². The molecule has 1 aliphatic carbocycles. The van der Waals surface area contributed by atoms with Gasteiger partial charge in [0.05, 0.1) is 10.2 Å². The lowest BCUT2D eigenvalue weighted by atomic mass is 9.96. The molecule has 1 aliphatic heterocycles. The topological polar surface area (TPSA) is 56.0 Å². The Balaban J connectivity index is 1.36. The Labute approximate surface area is 163 Å². The van der Waals surface area contributed by atoms with Crippen LogP contribution in [0, 0.1) is 0 Å². The number of benzene rings is 1. The van der Waals surface area contributed by atoms with Gasteiger partial charge in [-0.25, -0.2) is 14.5 Å². The lowest BCUT2D eigenvalue weighted by molar-refractivity contribution is 0.462. The van der Waals surface area contributed by atoms with Crippen molar-refractivity contribution >= 4 is 42.6 Å². The van der Waals surface area contributed by atoms with Gasteiger partial charge in [-0.2, -0.15) is 5.10 Å². The van der Waals surface area contributed by atoms with E-state index in [1.807, 2.05) is 10.6 Å². The average Bonchev–Trinajstić information content (AvgIpc) is 3.31. The first-order valence-electron chi connectivity index (χ1n) is 9.06. The maximum absolute atomic E-state index is 12.4. The van der Waals surface area contributed by atoms with Crippen LogP contribution < -0.4 is 10.6 Å². The zero-order valence-electron chi connectivity index (χ0n) is 14.6. The monoisotopic (exact) mass is 433 g/mol. The number of piperidine rings is 1. The van der Waals surface area contributed by atoms with Gasteiger partial charge < -0.3 is 4.90 Å². The molecule has 26 heavy (non-hydrogen) atoms. The maximum atomic E-state index is 12.4. The van der Waals surface area contributed by atoms with Crippen LogP contribution in [0.4, 0.5) is 5.13 Å². The van der Waals surface area contributed by atoms with Gasteiger partial charge in [0.1, 0.15) is 5.82 Å². The second-order valence-corrected chi connectivity index (χ2v) is 9.16. The Kier molecular flexibility index (Phi) is 3.93. The molecule has 2 aromatic heterocycles. The zero-order chi connectivity index (χ0) is 17.8. The number of nitrogens with zero attached hydrogens (tertiary/aromatic N) is 5. The fourth-order valence-corrected chi connectivity index (χ4v) is 5.37. The molecule has 0 bridgehead atoms. The van der Waals surface area contributed by atoms with Crippen LogP contribution in [0.5, 0.6) is 0 Å². The summed E-state index contributed by atoms with van der Waals surface area (Å²) in [5.41, 5.74) is 1.10. The van der Waals surface area contributed by atoms with Crippen molar-refractivity contribution in [1.82, 2.24) is 19.3 Å². The minimum atomic E-state index is 0.0432. The van der Waals surface area contributed by atoms with Gasteiger partial charge in [-0.3, -0.25) is 4.57 Å². The summed E-state index contributed by atoms with van der Waals surface area (Å²) in [6, 6.07) is 6.61. The first-order valence-corrected chi connectivity index (χ1v) is 10.7. The predicted molar refractivity (Wildman–Crippen MR) is 107 cm³/mol. The first kappa shape index (κ1) is 16.5. The van der Waals surface area contributed by atoms with E-state index in [4.69, 9.17) is 4.98 Å². The van der Waals surface area contributed by atoms with Crippen LogP contribution in [-0.2, 0) is 7.05 Å². The number of aromatic nitrogens is 4. The number of hydrogen-bond acceptors (Lipinski definition) is 5. The van der Waals surface area contributed by atoms with Crippen molar-refractivity contribution in [2.45, 2.75) is 37.6 Å². The Morgan fingerprint density at radius 1 is 1.19 bits per heavy atom. The van der Waals surface area contributed by atoms with Gasteiger partial charge in [-0.1, -0.05) is 27.3 Å². The lowest BCUT2D eigenvalue weighted by Crippen LogP contribution is -2.34. The molecule has 1 saturated carbocycles. The molecular formula is C18H20BrN5OS. The molecule has 136 valence electrons. The highest BCUT2D eigenvalue weighted by molar-refractivity contribution is 9.10. The van der Waals surface area contributed by atoms with Crippen LogP contribution in [0.1, 0.15) is 43.5 Å². The number of hydrogen-bond donors (Lipinski definition) is 0. The molecule has 0 radical (unpaired) electrons. The molecule has 1 aromatic carbocycles. The molecule has 8 heteroatoms. The summed E-state index contributed by atoms with van der Waals surface area (Å²) in [5.74, 6) is 1.36. The predicted octanol–water partition coefficient (Wildman–Crippen LogP) is 3.67. The lowest BCUT2D eigenvalue weighted by Gasteiger charge is -2.31. The largest absolute Gasteiger partial charge is 0.348 e. The van der Waals surface area contributed by atoms with Gasteiger partial charge in [0.25, 0.3) is 0 Å². The third-order valence-corrected chi connectivity index (χ3v) is 6.94. The smallest absolute Gasteiger partial charge is 0.345 e. The molecule has 0 atom stereocenters. The Bertz CT molecular complexity index is 1030. The van der Waals surface area contributed by atoms with Crippen molar-refractivity contribution in [3.05, 3.63) is 39.0 Å². The summed E-state index contributed by atoms with van der Waals surface area (Å²) in [7, 11) is 1.76. The molecule has 0 amide bonds. The summed E-state index contributed by atoms with van der Waals surface area (Å²) < 4.78 is 5.76. The van der Waals surface area contributed by atoms with E-state index in [0.717, 1.165) is 59.7 Å². The van der Waals surface area contributed by atoms with Crippen LogP contribution in [-0.4, -0.2) is 32.4 Å². The normalized spacial score (nSPS) is 18.8. The molecule has 2 aliphatic rings. The first-order chi connectivity index (χ1) is 12.6. The summed E-state index contributed by atoms with van der Waals surface area (Å²) >= 11 is 5.28. The van der Waals surface area contributed by atoms with Crippen molar-refractivity contribution < 1.29 is 0 Å². The third kappa shape index (κ3) is 2.79. The highest BCUT2D eigenvalue weighted by Crippen LogP contribution is 2.39. The SMILES string of the molecule is Cn1nc(C2CCN(c3nc4ccc(Br)cc4s3)CC2)n(C2CC2)c1=O. The van der Waals surface area contributed by atoms with E-state index in [-0.39, 0.29) is 5.69 Å². The third-order valence-electron chi connectivity index (χ3n) is 5.36. The standard InChI is InChI=1S/C18H20BrN5OS/c1-22-18(25)24(13-3-4-13)16(21-22)11-6-8-23(9-7-11)17-20-14-5-2-12(19)10-15(14)26-17/h2,5,10-11,13H,3-4,6-9H2,1H3. The molecule has 2 fully saturated rings. The minimum absolute atomic E-state index is 0.0432. The average molecular weight is 434 g/mol. The van der Waals surface area contributed by atoms with E-state index in [1.165, 1.54) is 9.38 Å². The van der Waals surface area contributed by atoms with Crippen LogP contribution in [0.15, 0.2) is 27.5 Å². The van der Waals surface area contributed by atoms with Crippen LogP contribution in [0.2, 0.25) is 0 Å². The van der Waals surface area contributed by atoms with Gasteiger partial charge >= 0.3 is 5.69 Å². The summed E-state index contributed by atoms with van der Waals surface area (Å²) in [4.78, 5) is 19.5.